The second-order valence-electron chi connectivity index (χ2n) is 16.6. The van der Waals surface area contributed by atoms with Crippen LogP contribution in [0.15, 0.2) is 65.0 Å². The molecule has 1 aromatic heterocycles. The van der Waals surface area contributed by atoms with Gasteiger partial charge >= 0.3 is 17.9 Å². The second-order valence-corrected chi connectivity index (χ2v) is 16.6. The Bertz CT molecular complexity index is 1880. The van der Waals surface area contributed by atoms with Crippen LogP contribution in [0.5, 0.6) is 0 Å². The minimum atomic E-state index is -2.30. The van der Waals surface area contributed by atoms with E-state index < -0.39 is 86.8 Å². The van der Waals surface area contributed by atoms with Gasteiger partial charge in [0.2, 0.25) is 0 Å². The molecular weight excluding hydrogens is 660 g/mol. The number of benzene rings is 1. The van der Waals surface area contributed by atoms with Crippen molar-refractivity contribution in [1.82, 2.24) is 0 Å². The fourth-order valence-corrected chi connectivity index (χ4v) is 12.4. The zero-order valence-electron chi connectivity index (χ0n) is 29.6. The van der Waals surface area contributed by atoms with E-state index >= 15 is 0 Å². The second kappa shape index (κ2) is 9.90. The molecule has 4 saturated carbocycles. The number of fused-ring (bicyclic) bond motifs is 4. The van der Waals surface area contributed by atoms with Gasteiger partial charge in [0.1, 0.15) is 29.5 Å². The zero-order valence-corrected chi connectivity index (χ0v) is 29.6. The molecule has 9 rings (SSSR count). The Labute approximate surface area is 295 Å². The standard InChI is InChI=1S/C39H44O12/c1-7-21(2)39-49-31-37(44)30(48-29(42)22-11-9-8-10-12-22)33(4)20-35(37,43)34(5,24(33)17-26(40)45-6)36(50-39)15-14-32(3)25(38(31,36)51-39)18-27(41)47-28(32)23-13-16-46-19-23/h8-13,16,18-19,21,24,28,30-31,43-44H,7,14-15,17,20H2,1-6H3/t21?,24-,28-,30-,31+,32+,33?,34+,35+,36?,37-,38?,39?/m0/s1. The number of methoxy groups -OCH3 is 1. The minimum absolute atomic E-state index is 0.0330. The molecule has 6 fully saturated rings. The number of rotatable bonds is 7. The average molecular weight is 705 g/mol. The molecule has 5 unspecified atom stereocenters. The number of ether oxygens (including phenoxy) is 6. The van der Waals surface area contributed by atoms with Crippen LogP contribution in [0, 0.1) is 28.1 Å². The molecule has 2 saturated heterocycles. The van der Waals surface area contributed by atoms with E-state index in [4.69, 9.17) is 32.8 Å². The van der Waals surface area contributed by atoms with Gasteiger partial charge < -0.3 is 43.1 Å². The van der Waals surface area contributed by atoms with E-state index in [1.54, 1.807) is 42.7 Å². The summed E-state index contributed by atoms with van der Waals surface area (Å²) in [4.78, 5) is 41.1. The first-order valence-corrected chi connectivity index (χ1v) is 17.9. The maximum absolute atomic E-state index is 14.0. The lowest BCUT2D eigenvalue weighted by molar-refractivity contribution is -0.455. The molecule has 13 atom stereocenters. The van der Waals surface area contributed by atoms with Gasteiger partial charge in [0, 0.05) is 40.2 Å². The number of cyclic esters (lactones) is 1. The van der Waals surface area contributed by atoms with Gasteiger partial charge in [-0.05, 0) is 55.4 Å². The Kier molecular flexibility index (Phi) is 6.46. The lowest BCUT2D eigenvalue weighted by Gasteiger charge is -2.75. The predicted octanol–water partition coefficient (Wildman–Crippen LogP) is 4.54. The van der Waals surface area contributed by atoms with Gasteiger partial charge in [-0.25, -0.2) is 9.59 Å². The van der Waals surface area contributed by atoms with E-state index in [1.165, 1.54) is 19.4 Å². The van der Waals surface area contributed by atoms with Crippen LogP contribution < -0.4 is 0 Å². The number of esters is 3. The normalized spacial score (nSPS) is 48.7. The number of hydrogen-bond acceptors (Lipinski definition) is 12. The summed E-state index contributed by atoms with van der Waals surface area (Å²) in [6, 6.07) is 10.2. The topological polar surface area (TPSA) is 160 Å². The van der Waals surface area contributed by atoms with Gasteiger partial charge in [-0.3, -0.25) is 4.79 Å². The van der Waals surface area contributed by atoms with Crippen molar-refractivity contribution in [1.29, 1.82) is 0 Å². The third-order valence-corrected chi connectivity index (χ3v) is 14.7. The summed E-state index contributed by atoms with van der Waals surface area (Å²) in [6.45, 7) is 9.59. The number of aliphatic hydroxyl groups is 2. The highest BCUT2D eigenvalue weighted by molar-refractivity contribution is 5.90. The van der Waals surface area contributed by atoms with Gasteiger partial charge in [0.25, 0.3) is 5.97 Å². The van der Waals surface area contributed by atoms with Crippen molar-refractivity contribution in [2.75, 3.05) is 7.11 Å². The fourth-order valence-electron chi connectivity index (χ4n) is 12.4. The first kappa shape index (κ1) is 33.3. The molecule has 51 heavy (non-hydrogen) atoms. The van der Waals surface area contributed by atoms with E-state index in [1.807, 2.05) is 34.6 Å². The van der Waals surface area contributed by atoms with Crippen LogP contribution in [-0.4, -0.2) is 75.8 Å². The van der Waals surface area contributed by atoms with Gasteiger partial charge in [0.05, 0.1) is 25.2 Å². The summed E-state index contributed by atoms with van der Waals surface area (Å²) in [6.07, 6.45) is 2.03. The molecule has 4 bridgehead atoms. The van der Waals surface area contributed by atoms with E-state index in [2.05, 4.69) is 0 Å². The van der Waals surface area contributed by atoms with Crippen LogP contribution in [-0.2, 0) is 38.0 Å². The Hall–Kier alpha value is -3.55. The molecule has 4 aliphatic carbocycles. The Balaban J connectivity index is 1.33. The molecule has 2 N–H and O–H groups in total. The number of carbonyl (C=O) groups excluding carboxylic acids is 3. The summed E-state index contributed by atoms with van der Waals surface area (Å²) < 4.78 is 44.6. The number of furan rings is 1. The van der Waals surface area contributed by atoms with Crippen LogP contribution in [0.1, 0.15) is 88.7 Å². The van der Waals surface area contributed by atoms with Crippen LogP contribution in [0.3, 0.4) is 0 Å². The molecule has 1 spiro atoms. The molecular formula is C39H44O12. The minimum Gasteiger partial charge on any atom is -0.472 e. The van der Waals surface area contributed by atoms with Gasteiger partial charge in [0.15, 0.2) is 11.2 Å². The molecule has 3 aliphatic heterocycles. The molecule has 7 aliphatic rings. The molecule has 12 nitrogen and oxygen atoms in total. The molecule has 12 heteroatoms. The van der Waals surface area contributed by atoms with Gasteiger partial charge in [-0.1, -0.05) is 52.8 Å². The third kappa shape index (κ3) is 3.35. The zero-order chi connectivity index (χ0) is 36.2. The molecule has 0 amide bonds. The van der Waals surface area contributed by atoms with Crippen molar-refractivity contribution >= 4 is 17.9 Å². The quantitative estimate of drug-likeness (QED) is 0.307. The number of hydrogen-bond donors (Lipinski definition) is 2. The summed E-state index contributed by atoms with van der Waals surface area (Å²) in [5, 5.41) is 27.2. The van der Waals surface area contributed by atoms with E-state index in [0.29, 0.717) is 30.4 Å². The van der Waals surface area contributed by atoms with Gasteiger partial charge in [-0.15, -0.1) is 0 Å². The maximum Gasteiger partial charge on any atom is 0.338 e. The summed E-state index contributed by atoms with van der Waals surface area (Å²) >= 11 is 0. The summed E-state index contributed by atoms with van der Waals surface area (Å²) in [7, 11) is 1.30. The lowest BCUT2D eigenvalue weighted by Crippen LogP contribution is -2.92. The molecule has 272 valence electrons. The van der Waals surface area contributed by atoms with E-state index in [9.17, 15) is 24.6 Å². The number of carbonyl (C=O) groups is 3. The first-order chi connectivity index (χ1) is 24.1. The predicted molar refractivity (Wildman–Crippen MR) is 174 cm³/mol. The van der Waals surface area contributed by atoms with Crippen LogP contribution in [0.2, 0.25) is 0 Å². The van der Waals surface area contributed by atoms with Crippen molar-refractivity contribution < 1.29 is 57.4 Å². The molecule has 0 radical (unpaired) electrons. The van der Waals surface area contributed by atoms with Crippen molar-refractivity contribution in [3.05, 3.63) is 71.7 Å². The van der Waals surface area contributed by atoms with Gasteiger partial charge in [-0.2, -0.15) is 0 Å². The SMILES string of the molecule is CCC(C)C12O[C@H]3C4(O1)C1=CC(=O)O[C@@H](c5ccoc5)[C@]1(C)CCC4(O2)[C@]1(C)[C@@H](CC(=O)OC)C2(C)C[C@]1(O)[C@]3(O)[C@H]2OC(=O)c1ccccc1. The lowest BCUT2D eigenvalue weighted by atomic mass is 9.35. The summed E-state index contributed by atoms with van der Waals surface area (Å²) in [5.74, 6) is -4.70. The van der Waals surface area contributed by atoms with Crippen molar-refractivity contribution in [2.24, 2.45) is 28.1 Å². The Morgan fingerprint density at radius 3 is 2.47 bits per heavy atom. The van der Waals surface area contributed by atoms with E-state index in [-0.39, 0.29) is 24.3 Å². The summed E-state index contributed by atoms with van der Waals surface area (Å²) in [5.41, 5.74) is -9.56. The highest BCUT2D eigenvalue weighted by Crippen LogP contribution is 2.88. The van der Waals surface area contributed by atoms with Crippen LogP contribution >= 0.6 is 0 Å². The third-order valence-electron chi connectivity index (χ3n) is 14.7. The Morgan fingerprint density at radius 1 is 1.06 bits per heavy atom. The van der Waals surface area contributed by atoms with Crippen LogP contribution in [0.4, 0.5) is 0 Å². The van der Waals surface area contributed by atoms with E-state index in [0.717, 1.165) is 0 Å². The Morgan fingerprint density at radius 2 is 1.80 bits per heavy atom. The highest BCUT2D eigenvalue weighted by Gasteiger charge is 3.02. The average Bonchev–Trinajstić information content (AvgIpc) is 3.91. The maximum atomic E-state index is 14.0. The largest absolute Gasteiger partial charge is 0.472 e. The fraction of sp³-hybridized carbons (Fsp3) is 0.615. The van der Waals surface area contributed by atoms with Crippen molar-refractivity contribution in [3.63, 3.8) is 0 Å². The van der Waals surface area contributed by atoms with Crippen LogP contribution in [0.25, 0.3) is 0 Å². The van der Waals surface area contributed by atoms with Crippen molar-refractivity contribution in [2.45, 2.75) is 113 Å². The highest BCUT2D eigenvalue weighted by atomic mass is 17.0. The smallest absolute Gasteiger partial charge is 0.338 e. The first-order valence-electron chi connectivity index (χ1n) is 17.9. The monoisotopic (exact) mass is 704 g/mol. The van der Waals surface area contributed by atoms with Crippen molar-refractivity contribution in [3.8, 4) is 0 Å². The molecule has 4 heterocycles. The molecule has 2 aromatic rings. The molecule has 1 aromatic carbocycles.